The summed E-state index contributed by atoms with van der Waals surface area (Å²) in [6.45, 7) is 3.84. The van der Waals surface area contributed by atoms with Crippen LogP contribution in [0.25, 0.3) is 22.2 Å². The van der Waals surface area contributed by atoms with Crippen LogP contribution in [0.15, 0.2) is 36.5 Å². The molecule has 4 rings (SSSR count). The van der Waals surface area contributed by atoms with Crippen molar-refractivity contribution in [3.8, 4) is 11.1 Å². The van der Waals surface area contributed by atoms with E-state index in [-0.39, 0.29) is 17.6 Å². The Morgan fingerprint density at radius 2 is 2.00 bits per heavy atom. The highest BCUT2D eigenvalue weighted by Gasteiger charge is 2.30. The Morgan fingerprint density at radius 1 is 1.20 bits per heavy atom. The number of sulfonamides is 1. The first-order valence-corrected chi connectivity index (χ1v) is 12.0. The van der Waals surface area contributed by atoms with Crippen molar-refractivity contribution in [2.45, 2.75) is 39.5 Å². The second-order valence-electron chi connectivity index (χ2n) is 7.70. The smallest absolute Gasteiger partial charge is 0.232 e. The summed E-state index contributed by atoms with van der Waals surface area (Å²) in [4.78, 5) is 19.8. The first-order valence-electron chi connectivity index (χ1n) is 10.3. The predicted molar refractivity (Wildman–Crippen MR) is 120 cm³/mol. The number of aromatic nitrogens is 2. The number of nitrogens with one attached hydrogen (secondary N) is 3. The molecule has 3 N–H and O–H groups in total. The van der Waals surface area contributed by atoms with Crippen LogP contribution in [0, 0.1) is 5.92 Å². The van der Waals surface area contributed by atoms with E-state index in [4.69, 9.17) is 0 Å². The molecule has 1 aliphatic carbocycles. The fourth-order valence-electron chi connectivity index (χ4n) is 3.55. The lowest BCUT2D eigenvalue weighted by Crippen LogP contribution is -2.17. The van der Waals surface area contributed by atoms with E-state index in [9.17, 15) is 13.2 Å². The third kappa shape index (κ3) is 4.33. The highest BCUT2D eigenvalue weighted by atomic mass is 32.2. The zero-order valence-electron chi connectivity index (χ0n) is 17.2. The van der Waals surface area contributed by atoms with Crippen LogP contribution >= 0.6 is 0 Å². The number of H-pyrrole nitrogens is 1. The molecule has 0 spiro atoms. The van der Waals surface area contributed by atoms with Gasteiger partial charge in [-0.3, -0.25) is 9.52 Å². The molecule has 30 heavy (non-hydrogen) atoms. The number of rotatable bonds is 8. The molecular weight excluding hydrogens is 400 g/mol. The van der Waals surface area contributed by atoms with Gasteiger partial charge in [0, 0.05) is 17.5 Å². The Morgan fingerprint density at radius 3 is 2.70 bits per heavy atom. The van der Waals surface area contributed by atoms with Gasteiger partial charge in [-0.05, 0) is 66.6 Å². The maximum atomic E-state index is 12.2. The van der Waals surface area contributed by atoms with Gasteiger partial charge in [0.2, 0.25) is 15.9 Å². The van der Waals surface area contributed by atoms with Crippen LogP contribution in [0.5, 0.6) is 0 Å². The molecule has 0 aliphatic heterocycles. The minimum absolute atomic E-state index is 0.00859. The standard InChI is InChI=1S/C22H26N4O3S/c1-3-11-30(28,29)26-19-8-7-16(12-14(19)4-2)18-13-20(25-22(27)15-5-6-15)24-21-17(18)9-10-23-21/h7-10,12-13,15,26H,3-6,11H2,1-2H3,(H2,23,24,25,27). The van der Waals surface area contributed by atoms with Gasteiger partial charge in [0.15, 0.2) is 0 Å². The molecule has 8 heteroatoms. The molecule has 1 amide bonds. The van der Waals surface area contributed by atoms with Gasteiger partial charge in [-0.25, -0.2) is 13.4 Å². The molecule has 1 aliphatic rings. The molecule has 158 valence electrons. The topological polar surface area (TPSA) is 104 Å². The molecule has 0 saturated heterocycles. The molecule has 2 heterocycles. The number of carbonyl (C=O) groups is 1. The molecule has 0 radical (unpaired) electrons. The number of carbonyl (C=O) groups excluding carboxylic acids is 1. The SMILES string of the molecule is CCCS(=O)(=O)Nc1ccc(-c2cc(NC(=O)C3CC3)nc3[nH]ccc23)cc1CC. The van der Waals surface area contributed by atoms with E-state index in [0.717, 1.165) is 34.9 Å². The highest BCUT2D eigenvalue weighted by molar-refractivity contribution is 7.92. The molecule has 0 atom stereocenters. The maximum absolute atomic E-state index is 12.2. The van der Waals surface area contributed by atoms with Crippen molar-refractivity contribution in [1.29, 1.82) is 0 Å². The zero-order valence-corrected chi connectivity index (χ0v) is 18.0. The van der Waals surface area contributed by atoms with E-state index in [0.29, 0.717) is 30.0 Å². The quantitative estimate of drug-likeness (QED) is 0.500. The molecule has 3 aromatic rings. The average Bonchev–Trinajstić information content (AvgIpc) is 3.45. The first kappa shape index (κ1) is 20.4. The van der Waals surface area contributed by atoms with Crippen molar-refractivity contribution in [3.63, 3.8) is 0 Å². The number of benzene rings is 1. The van der Waals surface area contributed by atoms with Gasteiger partial charge in [0.05, 0.1) is 11.4 Å². The fourth-order valence-corrected chi connectivity index (χ4v) is 4.73. The summed E-state index contributed by atoms with van der Waals surface area (Å²) in [5.74, 6) is 0.713. The van der Waals surface area contributed by atoms with Gasteiger partial charge < -0.3 is 10.3 Å². The summed E-state index contributed by atoms with van der Waals surface area (Å²) in [5, 5.41) is 3.86. The molecule has 1 aromatic carbocycles. The number of aromatic amines is 1. The molecular formula is C22H26N4O3S. The van der Waals surface area contributed by atoms with E-state index in [1.54, 1.807) is 0 Å². The number of hydrogen-bond donors (Lipinski definition) is 3. The van der Waals surface area contributed by atoms with Crippen molar-refractivity contribution in [1.82, 2.24) is 9.97 Å². The predicted octanol–water partition coefficient (Wildman–Crippen LogP) is 4.29. The maximum Gasteiger partial charge on any atom is 0.232 e. The number of hydrogen-bond acceptors (Lipinski definition) is 4. The minimum Gasteiger partial charge on any atom is -0.346 e. The Balaban J connectivity index is 1.72. The van der Waals surface area contributed by atoms with Crippen LogP contribution in [0.1, 0.15) is 38.7 Å². The van der Waals surface area contributed by atoms with Gasteiger partial charge in [-0.15, -0.1) is 0 Å². The second kappa shape index (κ2) is 8.10. The fraction of sp³-hybridized carbons (Fsp3) is 0.364. The third-order valence-corrected chi connectivity index (χ3v) is 6.74. The molecule has 2 aromatic heterocycles. The van der Waals surface area contributed by atoms with E-state index in [1.807, 2.05) is 50.4 Å². The van der Waals surface area contributed by atoms with Gasteiger partial charge in [-0.1, -0.05) is 19.9 Å². The second-order valence-corrected chi connectivity index (χ2v) is 9.55. The van der Waals surface area contributed by atoms with Gasteiger partial charge in [0.1, 0.15) is 11.5 Å². The molecule has 7 nitrogen and oxygen atoms in total. The van der Waals surface area contributed by atoms with E-state index in [1.165, 1.54) is 0 Å². The van der Waals surface area contributed by atoms with Gasteiger partial charge in [-0.2, -0.15) is 0 Å². The summed E-state index contributed by atoms with van der Waals surface area (Å²) in [6, 6.07) is 9.54. The number of amides is 1. The number of aryl methyl sites for hydroxylation is 1. The lowest BCUT2D eigenvalue weighted by atomic mass is 9.99. The highest BCUT2D eigenvalue weighted by Crippen LogP contribution is 2.34. The van der Waals surface area contributed by atoms with Crippen LogP contribution in [0.2, 0.25) is 0 Å². The van der Waals surface area contributed by atoms with Crippen molar-refractivity contribution >= 4 is 38.5 Å². The van der Waals surface area contributed by atoms with E-state index < -0.39 is 10.0 Å². The van der Waals surface area contributed by atoms with Gasteiger partial charge in [0.25, 0.3) is 0 Å². The summed E-state index contributed by atoms with van der Waals surface area (Å²) in [6.07, 6.45) is 4.93. The van der Waals surface area contributed by atoms with Crippen LogP contribution in [0.3, 0.4) is 0 Å². The summed E-state index contributed by atoms with van der Waals surface area (Å²) < 4.78 is 27.1. The normalized spacial score (nSPS) is 14.1. The lowest BCUT2D eigenvalue weighted by molar-refractivity contribution is -0.117. The van der Waals surface area contributed by atoms with Crippen LogP contribution in [0.4, 0.5) is 11.5 Å². The van der Waals surface area contributed by atoms with Crippen molar-refractivity contribution in [2.24, 2.45) is 5.92 Å². The lowest BCUT2D eigenvalue weighted by Gasteiger charge is -2.14. The largest absolute Gasteiger partial charge is 0.346 e. The first-order chi connectivity index (χ1) is 14.4. The molecule has 0 bridgehead atoms. The average molecular weight is 427 g/mol. The summed E-state index contributed by atoms with van der Waals surface area (Å²) >= 11 is 0. The Bertz CT molecular complexity index is 1200. The van der Waals surface area contributed by atoms with E-state index in [2.05, 4.69) is 20.0 Å². The number of anilines is 2. The van der Waals surface area contributed by atoms with Crippen LogP contribution in [-0.2, 0) is 21.2 Å². The Kier molecular flexibility index (Phi) is 5.51. The zero-order chi connectivity index (χ0) is 21.3. The molecule has 1 saturated carbocycles. The van der Waals surface area contributed by atoms with Crippen molar-refractivity contribution < 1.29 is 13.2 Å². The summed E-state index contributed by atoms with van der Waals surface area (Å²) in [7, 11) is -3.36. The Hall–Kier alpha value is -2.87. The minimum atomic E-state index is -3.36. The summed E-state index contributed by atoms with van der Waals surface area (Å²) in [5.41, 5.74) is 4.10. The number of pyridine rings is 1. The van der Waals surface area contributed by atoms with Crippen molar-refractivity contribution in [2.75, 3.05) is 15.8 Å². The molecule has 1 fully saturated rings. The number of fused-ring (bicyclic) bond motifs is 1. The Labute approximate surface area is 176 Å². The third-order valence-electron chi connectivity index (χ3n) is 5.26. The van der Waals surface area contributed by atoms with E-state index >= 15 is 0 Å². The van der Waals surface area contributed by atoms with Crippen molar-refractivity contribution in [3.05, 3.63) is 42.1 Å². The van der Waals surface area contributed by atoms with Crippen LogP contribution < -0.4 is 10.0 Å². The molecule has 0 unspecified atom stereocenters. The van der Waals surface area contributed by atoms with Gasteiger partial charge >= 0.3 is 0 Å². The number of nitrogens with zero attached hydrogens (tertiary/aromatic N) is 1. The monoisotopic (exact) mass is 426 g/mol. The van der Waals surface area contributed by atoms with Crippen LogP contribution in [-0.4, -0.2) is 30.0 Å².